The fraction of sp³-hybridized carbons (Fsp3) is 0.389. The van der Waals surface area contributed by atoms with Crippen LogP contribution in [0.5, 0.6) is 0 Å². The van der Waals surface area contributed by atoms with Crippen LogP contribution < -0.4 is 5.32 Å². The van der Waals surface area contributed by atoms with Crippen molar-refractivity contribution in [3.8, 4) is 0 Å². The number of carbonyl (C=O) groups is 1. The average molecular weight is 390 g/mol. The van der Waals surface area contributed by atoms with E-state index >= 15 is 0 Å². The van der Waals surface area contributed by atoms with E-state index in [0.29, 0.717) is 31.8 Å². The van der Waals surface area contributed by atoms with Crippen LogP contribution in [0, 0.1) is 19.8 Å². The first-order valence-corrected chi connectivity index (χ1v) is 10.2. The lowest BCUT2D eigenvalue weighted by atomic mass is 9.97. The second kappa shape index (κ2) is 8.01. The Balaban J connectivity index is 1.55. The minimum atomic E-state index is -3.52. The van der Waals surface area contributed by atoms with E-state index < -0.39 is 10.0 Å². The highest BCUT2D eigenvalue weighted by Gasteiger charge is 2.30. The normalized spacial score (nSPS) is 16.7. The quantitative estimate of drug-likeness (QED) is 0.840. The maximum atomic E-state index is 12.5. The standard InChI is InChI=1S/C18H22N4O4S/c1-13-3-5-15(6-4-13)9-12-27(24,25)22-10-7-16(8-11-22)17(23)19-18-21-20-14(2)26-18/h3-6,9,12,16H,7-8,10-11H2,1-2H3,(H,19,21,23)/b12-9+. The van der Waals surface area contributed by atoms with Gasteiger partial charge in [-0.2, -0.15) is 4.31 Å². The van der Waals surface area contributed by atoms with Crippen molar-refractivity contribution >= 4 is 28.0 Å². The number of nitrogens with one attached hydrogen (secondary N) is 1. The highest BCUT2D eigenvalue weighted by Crippen LogP contribution is 2.22. The first-order chi connectivity index (χ1) is 12.8. The van der Waals surface area contributed by atoms with Crippen LogP contribution in [0.2, 0.25) is 0 Å². The molecule has 0 spiro atoms. The Morgan fingerprint density at radius 1 is 1.19 bits per heavy atom. The second-order valence-electron chi connectivity index (χ2n) is 6.55. The number of rotatable bonds is 5. The zero-order chi connectivity index (χ0) is 19.4. The van der Waals surface area contributed by atoms with Crippen LogP contribution in [0.4, 0.5) is 6.01 Å². The number of aromatic nitrogens is 2. The molecule has 0 bridgehead atoms. The molecule has 0 aliphatic carbocycles. The number of nitrogens with zero attached hydrogens (tertiary/aromatic N) is 3. The molecule has 1 aliphatic heterocycles. The van der Waals surface area contributed by atoms with E-state index in [4.69, 9.17) is 4.42 Å². The number of sulfonamides is 1. The molecule has 2 aromatic rings. The van der Waals surface area contributed by atoms with E-state index in [0.717, 1.165) is 11.1 Å². The summed E-state index contributed by atoms with van der Waals surface area (Å²) in [7, 11) is -3.52. The molecule has 8 nitrogen and oxygen atoms in total. The van der Waals surface area contributed by atoms with Crippen molar-refractivity contribution in [2.45, 2.75) is 26.7 Å². The van der Waals surface area contributed by atoms with Crippen LogP contribution in [0.25, 0.3) is 6.08 Å². The first-order valence-electron chi connectivity index (χ1n) is 8.69. The number of benzene rings is 1. The summed E-state index contributed by atoms with van der Waals surface area (Å²) in [5, 5.41) is 11.2. The molecule has 0 radical (unpaired) electrons. The van der Waals surface area contributed by atoms with E-state index in [-0.39, 0.29) is 17.8 Å². The van der Waals surface area contributed by atoms with Gasteiger partial charge in [-0.3, -0.25) is 10.1 Å². The van der Waals surface area contributed by atoms with Gasteiger partial charge < -0.3 is 4.42 Å². The Bertz CT molecular complexity index is 927. The van der Waals surface area contributed by atoms with E-state index in [1.807, 2.05) is 31.2 Å². The van der Waals surface area contributed by atoms with Gasteiger partial charge in [0.1, 0.15) is 0 Å². The van der Waals surface area contributed by atoms with Gasteiger partial charge in [0.2, 0.25) is 21.8 Å². The van der Waals surface area contributed by atoms with Crippen LogP contribution in [0.1, 0.15) is 29.9 Å². The van der Waals surface area contributed by atoms with Crippen LogP contribution >= 0.6 is 0 Å². The number of hydrogen-bond donors (Lipinski definition) is 1. The molecule has 0 atom stereocenters. The van der Waals surface area contributed by atoms with E-state index in [1.165, 1.54) is 9.71 Å². The fourth-order valence-corrected chi connectivity index (χ4v) is 4.08. The maximum absolute atomic E-state index is 12.5. The molecular weight excluding hydrogens is 368 g/mol. The number of aryl methyl sites for hydroxylation is 2. The lowest BCUT2D eigenvalue weighted by Gasteiger charge is -2.29. The van der Waals surface area contributed by atoms with Gasteiger partial charge in [0, 0.05) is 31.3 Å². The summed E-state index contributed by atoms with van der Waals surface area (Å²) in [6.07, 6.45) is 2.47. The van der Waals surface area contributed by atoms with Gasteiger partial charge in [0.05, 0.1) is 0 Å². The molecule has 1 aromatic heterocycles. The largest absolute Gasteiger partial charge is 0.408 e. The molecule has 1 saturated heterocycles. The topological polar surface area (TPSA) is 105 Å². The van der Waals surface area contributed by atoms with Crippen molar-refractivity contribution in [2.75, 3.05) is 18.4 Å². The minimum Gasteiger partial charge on any atom is -0.408 e. The molecule has 0 unspecified atom stereocenters. The summed E-state index contributed by atoms with van der Waals surface area (Å²) in [5.41, 5.74) is 1.94. The molecule has 1 aliphatic rings. The van der Waals surface area contributed by atoms with Gasteiger partial charge >= 0.3 is 6.01 Å². The smallest absolute Gasteiger partial charge is 0.322 e. The zero-order valence-corrected chi connectivity index (χ0v) is 16.1. The van der Waals surface area contributed by atoms with Gasteiger partial charge in [-0.05, 0) is 31.4 Å². The zero-order valence-electron chi connectivity index (χ0n) is 15.3. The Morgan fingerprint density at radius 2 is 1.85 bits per heavy atom. The Hall–Kier alpha value is -2.52. The van der Waals surface area contributed by atoms with E-state index in [2.05, 4.69) is 15.5 Å². The van der Waals surface area contributed by atoms with Crippen molar-refractivity contribution in [2.24, 2.45) is 5.92 Å². The lowest BCUT2D eigenvalue weighted by molar-refractivity contribution is -0.121. The Labute approximate surface area is 158 Å². The molecule has 3 rings (SSSR count). The number of amides is 1. The van der Waals surface area contributed by atoms with E-state index in [9.17, 15) is 13.2 Å². The van der Waals surface area contributed by atoms with E-state index in [1.54, 1.807) is 13.0 Å². The third-order valence-corrected chi connectivity index (χ3v) is 6.02. The van der Waals surface area contributed by atoms with Gasteiger partial charge in [-0.1, -0.05) is 34.9 Å². The first kappa shape index (κ1) is 19.2. The monoisotopic (exact) mass is 390 g/mol. The molecule has 1 N–H and O–H groups in total. The molecule has 9 heteroatoms. The van der Waals surface area contributed by atoms with Gasteiger partial charge in [0.25, 0.3) is 0 Å². The summed E-state index contributed by atoms with van der Waals surface area (Å²) >= 11 is 0. The Morgan fingerprint density at radius 3 is 2.44 bits per heavy atom. The number of anilines is 1. The van der Waals surface area contributed by atoms with Crippen molar-refractivity contribution in [1.82, 2.24) is 14.5 Å². The van der Waals surface area contributed by atoms with Crippen LogP contribution in [-0.4, -0.2) is 41.9 Å². The molecule has 1 amide bonds. The van der Waals surface area contributed by atoms with Gasteiger partial charge in [0.15, 0.2) is 0 Å². The lowest BCUT2D eigenvalue weighted by Crippen LogP contribution is -2.40. The average Bonchev–Trinajstić information content (AvgIpc) is 3.06. The summed E-state index contributed by atoms with van der Waals surface area (Å²) in [6, 6.07) is 7.67. The molecule has 144 valence electrons. The van der Waals surface area contributed by atoms with Crippen molar-refractivity contribution in [1.29, 1.82) is 0 Å². The van der Waals surface area contributed by atoms with Crippen molar-refractivity contribution in [3.63, 3.8) is 0 Å². The Kier molecular flexibility index (Phi) is 5.71. The predicted octanol–water partition coefficient (Wildman–Crippen LogP) is 2.34. The summed E-state index contributed by atoms with van der Waals surface area (Å²) in [6.45, 7) is 4.20. The molecule has 27 heavy (non-hydrogen) atoms. The molecule has 1 fully saturated rings. The minimum absolute atomic E-state index is 0.0635. The molecule has 2 heterocycles. The van der Waals surface area contributed by atoms with Crippen LogP contribution in [-0.2, 0) is 14.8 Å². The summed E-state index contributed by atoms with van der Waals surface area (Å²) in [5.74, 6) is -0.151. The maximum Gasteiger partial charge on any atom is 0.322 e. The molecular formula is C18H22N4O4S. The summed E-state index contributed by atoms with van der Waals surface area (Å²) in [4.78, 5) is 12.3. The number of piperidine rings is 1. The summed E-state index contributed by atoms with van der Waals surface area (Å²) < 4.78 is 31.5. The van der Waals surface area contributed by atoms with Crippen molar-refractivity contribution in [3.05, 3.63) is 46.7 Å². The third-order valence-electron chi connectivity index (χ3n) is 4.45. The van der Waals surface area contributed by atoms with Crippen molar-refractivity contribution < 1.29 is 17.6 Å². The molecule has 0 saturated carbocycles. The second-order valence-corrected chi connectivity index (χ2v) is 8.37. The highest BCUT2D eigenvalue weighted by molar-refractivity contribution is 7.92. The number of hydrogen-bond acceptors (Lipinski definition) is 6. The fourth-order valence-electron chi connectivity index (χ4n) is 2.86. The predicted molar refractivity (Wildman–Crippen MR) is 101 cm³/mol. The highest BCUT2D eigenvalue weighted by atomic mass is 32.2. The third kappa shape index (κ3) is 5.01. The van der Waals surface area contributed by atoms with Crippen LogP contribution in [0.15, 0.2) is 34.1 Å². The number of carbonyl (C=O) groups excluding carboxylic acids is 1. The van der Waals surface area contributed by atoms with Gasteiger partial charge in [-0.15, -0.1) is 5.10 Å². The SMILES string of the molecule is Cc1ccc(/C=C/S(=O)(=O)N2CCC(C(=O)Nc3nnc(C)o3)CC2)cc1. The van der Waals surface area contributed by atoms with Crippen LogP contribution in [0.3, 0.4) is 0 Å². The molecule has 1 aromatic carbocycles. The van der Waals surface area contributed by atoms with Gasteiger partial charge in [-0.25, -0.2) is 8.42 Å².